The summed E-state index contributed by atoms with van der Waals surface area (Å²) in [5.74, 6) is 0.618. The predicted molar refractivity (Wildman–Crippen MR) is 108 cm³/mol. The van der Waals surface area contributed by atoms with Crippen LogP contribution in [0.15, 0.2) is 48.5 Å². The van der Waals surface area contributed by atoms with Crippen molar-refractivity contribution in [3.05, 3.63) is 54.1 Å². The van der Waals surface area contributed by atoms with Gasteiger partial charge in [0.15, 0.2) is 0 Å². The maximum absolute atomic E-state index is 12.7. The number of hydrogen-bond donors (Lipinski definition) is 1. The molecule has 2 aliphatic heterocycles. The third-order valence-electron chi connectivity index (χ3n) is 5.08. The summed E-state index contributed by atoms with van der Waals surface area (Å²) >= 11 is 0. The third-order valence-corrected chi connectivity index (χ3v) is 5.08. The van der Waals surface area contributed by atoms with Gasteiger partial charge in [0.25, 0.3) is 5.91 Å². The van der Waals surface area contributed by atoms with Crippen LogP contribution in [0.2, 0.25) is 0 Å². The number of carbonyl (C=O) groups is 1. The van der Waals surface area contributed by atoms with Gasteiger partial charge in [0.05, 0.1) is 30.7 Å². The van der Waals surface area contributed by atoms with Crippen LogP contribution in [-0.2, 0) is 9.47 Å². The Balaban J connectivity index is 1.38. The zero-order chi connectivity index (χ0) is 19.2. The van der Waals surface area contributed by atoms with Crippen molar-refractivity contribution in [1.82, 2.24) is 0 Å². The summed E-state index contributed by atoms with van der Waals surface area (Å²) in [6.07, 6.45) is 2.32. The molecule has 0 spiro atoms. The molecule has 1 N–H and O–H groups in total. The summed E-state index contributed by atoms with van der Waals surface area (Å²) in [5, 5.41) is 3.04. The molecular formula is C22H26N2O4. The van der Waals surface area contributed by atoms with E-state index >= 15 is 0 Å². The van der Waals surface area contributed by atoms with Crippen LogP contribution in [0.1, 0.15) is 23.2 Å². The van der Waals surface area contributed by atoms with Crippen molar-refractivity contribution < 1.29 is 19.0 Å². The fraction of sp³-hybridized carbons (Fsp3) is 0.409. The minimum atomic E-state index is -0.133. The van der Waals surface area contributed by atoms with E-state index in [0.29, 0.717) is 25.4 Å². The Bertz CT molecular complexity index is 781. The lowest BCUT2D eigenvalue weighted by Gasteiger charge is -2.30. The minimum Gasteiger partial charge on any atom is -0.491 e. The van der Waals surface area contributed by atoms with Gasteiger partial charge in [-0.05, 0) is 49.2 Å². The van der Waals surface area contributed by atoms with Gasteiger partial charge in [-0.2, -0.15) is 0 Å². The van der Waals surface area contributed by atoms with Gasteiger partial charge in [0, 0.05) is 25.3 Å². The molecule has 1 unspecified atom stereocenters. The lowest BCUT2D eigenvalue weighted by molar-refractivity contribution is 0.0679. The summed E-state index contributed by atoms with van der Waals surface area (Å²) < 4.78 is 16.8. The Hall–Kier alpha value is -2.57. The molecule has 2 heterocycles. The molecule has 28 heavy (non-hydrogen) atoms. The molecule has 4 rings (SSSR count). The van der Waals surface area contributed by atoms with Crippen molar-refractivity contribution >= 4 is 17.3 Å². The number of hydrogen-bond acceptors (Lipinski definition) is 5. The third kappa shape index (κ3) is 4.64. The molecule has 2 aliphatic rings. The average Bonchev–Trinajstić information content (AvgIpc) is 3.27. The lowest BCUT2D eigenvalue weighted by atomic mass is 10.1. The maximum atomic E-state index is 12.7. The molecule has 2 aromatic rings. The second-order valence-electron chi connectivity index (χ2n) is 7.04. The van der Waals surface area contributed by atoms with Crippen molar-refractivity contribution in [2.75, 3.05) is 49.7 Å². The highest BCUT2D eigenvalue weighted by molar-refractivity contribution is 6.06. The number of carbonyl (C=O) groups excluding carboxylic acids is 1. The first-order chi connectivity index (χ1) is 13.8. The van der Waals surface area contributed by atoms with E-state index in [1.54, 1.807) is 12.1 Å². The topological polar surface area (TPSA) is 60.0 Å². The van der Waals surface area contributed by atoms with Crippen LogP contribution in [0.25, 0.3) is 0 Å². The highest BCUT2D eigenvalue weighted by Gasteiger charge is 2.17. The van der Waals surface area contributed by atoms with Crippen molar-refractivity contribution in [3.63, 3.8) is 0 Å². The quantitative estimate of drug-likeness (QED) is 0.830. The number of benzene rings is 2. The summed E-state index contributed by atoms with van der Waals surface area (Å²) in [4.78, 5) is 14.9. The predicted octanol–water partition coefficient (Wildman–Crippen LogP) is 3.33. The monoisotopic (exact) mass is 382 g/mol. The van der Waals surface area contributed by atoms with Crippen LogP contribution in [0, 0.1) is 0 Å². The molecule has 0 aromatic heterocycles. The Labute approximate surface area is 165 Å². The van der Waals surface area contributed by atoms with Gasteiger partial charge in [0.2, 0.25) is 0 Å². The Morgan fingerprint density at radius 1 is 1.07 bits per heavy atom. The summed E-state index contributed by atoms with van der Waals surface area (Å²) in [6, 6.07) is 15.1. The first-order valence-corrected chi connectivity index (χ1v) is 9.87. The molecule has 6 nitrogen and oxygen atoms in total. The van der Waals surface area contributed by atoms with E-state index < -0.39 is 0 Å². The Morgan fingerprint density at radius 2 is 1.86 bits per heavy atom. The van der Waals surface area contributed by atoms with Crippen LogP contribution >= 0.6 is 0 Å². The minimum absolute atomic E-state index is 0.133. The van der Waals surface area contributed by atoms with E-state index in [9.17, 15) is 4.79 Å². The number of morpholine rings is 1. The molecule has 0 aliphatic carbocycles. The standard InChI is InChI=1S/C22H26N2O4/c25-22(17-7-9-18(10-8-17)28-16-19-4-3-13-27-19)23-20-5-1-2-6-21(20)24-11-14-26-15-12-24/h1-2,5-10,19H,3-4,11-16H2,(H,23,25). The van der Waals surface area contributed by atoms with Gasteiger partial charge in [-0.15, -0.1) is 0 Å². The van der Waals surface area contributed by atoms with E-state index in [-0.39, 0.29) is 12.0 Å². The Kier molecular flexibility index (Phi) is 6.09. The maximum Gasteiger partial charge on any atom is 0.255 e. The SMILES string of the molecule is O=C(Nc1ccccc1N1CCOCC1)c1ccc(OCC2CCCO2)cc1. The first kappa shape index (κ1) is 18.8. The van der Waals surface area contributed by atoms with E-state index in [1.165, 1.54) is 0 Å². The molecule has 0 bridgehead atoms. The van der Waals surface area contributed by atoms with E-state index in [1.807, 2.05) is 36.4 Å². The summed E-state index contributed by atoms with van der Waals surface area (Å²) in [5.41, 5.74) is 2.44. The second-order valence-corrected chi connectivity index (χ2v) is 7.04. The smallest absolute Gasteiger partial charge is 0.255 e. The zero-order valence-corrected chi connectivity index (χ0v) is 15.9. The summed E-state index contributed by atoms with van der Waals surface area (Å²) in [7, 11) is 0. The number of anilines is 2. The van der Waals surface area contributed by atoms with Crippen molar-refractivity contribution in [2.24, 2.45) is 0 Å². The molecule has 0 radical (unpaired) electrons. The number of rotatable bonds is 6. The molecule has 0 saturated carbocycles. The fourth-order valence-corrected chi connectivity index (χ4v) is 3.52. The van der Waals surface area contributed by atoms with E-state index in [2.05, 4.69) is 10.2 Å². The van der Waals surface area contributed by atoms with Gasteiger partial charge in [-0.3, -0.25) is 4.79 Å². The molecule has 1 amide bonds. The van der Waals surface area contributed by atoms with Gasteiger partial charge < -0.3 is 24.4 Å². The second kappa shape index (κ2) is 9.08. The molecule has 2 aromatic carbocycles. The van der Waals surface area contributed by atoms with Crippen LogP contribution < -0.4 is 15.0 Å². The van der Waals surface area contributed by atoms with Crippen molar-refractivity contribution in [1.29, 1.82) is 0 Å². The number of para-hydroxylation sites is 2. The average molecular weight is 382 g/mol. The molecule has 1 atom stereocenters. The molecule has 2 fully saturated rings. The number of amides is 1. The van der Waals surface area contributed by atoms with Gasteiger partial charge >= 0.3 is 0 Å². The molecular weight excluding hydrogens is 356 g/mol. The molecule has 148 valence electrons. The van der Waals surface area contributed by atoms with Crippen LogP contribution in [-0.4, -0.2) is 51.5 Å². The van der Waals surface area contributed by atoms with Crippen LogP contribution in [0.3, 0.4) is 0 Å². The van der Waals surface area contributed by atoms with Gasteiger partial charge in [-0.25, -0.2) is 0 Å². The van der Waals surface area contributed by atoms with Gasteiger partial charge in [0.1, 0.15) is 12.4 Å². The summed E-state index contributed by atoms with van der Waals surface area (Å²) in [6.45, 7) is 4.43. The van der Waals surface area contributed by atoms with E-state index in [4.69, 9.17) is 14.2 Å². The fourth-order valence-electron chi connectivity index (χ4n) is 3.52. The highest BCUT2D eigenvalue weighted by atomic mass is 16.5. The largest absolute Gasteiger partial charge is 0.491 e. The molecule has 6 heteroatoms. The van der Waals surface area contributed by atoms with Crippen LogP contribution in [0.4, 0.5) is 11.4 Å². The Morgan fingerprint density at radius 3 is 2.61 bits per heavy atom. The lowest BCUT2D eigenvalue weighted by Crippen LogP contribution is -2.36. The number of ether oxygens (including phenoxy) is 3. The normalized spacial score (nSPS) is 19.4. The molecule has 2 saturated heterocycles. The highest BCUT2D eigenvalue weighted by Crippen LogP contribution is 2.27. The van der Waals surface area contributed by atoms with Crippen molar-refractivity contribution in [3.8, 4) is 5.75 Å². The van der Waals surface area contributed by atoms with E-state index in [0.717, 1.165) is 49.7 Å². The first-order valence-electron chi connectivity index (χ1n) is 9.87. The number of nitrogens with one attached hydrogen (secondary N) is 1. The number of nitrogens with zero attached hydrogens (tertiary/aromatic N) is 1. The van der Waals surface area contributed by atoms with Gasteiger partial charge in [-0.1, -0.05) is 12.1 Å². The van der Waals surface area contributed by atoms with Crippen molar-refractivity contribution in [2.45, 2.75) is 18.9 Å². The van der Waals surface area contributed by atoms with Crippen LogP contribution in [0.5, 0.6) is 5.75 Å². The zero-order valence-electron chi connectivity index (χ0n) is 15.9.